The Hall–Kier alpha value is -2.93. The first kappa shape index (κ1) is 19.4. The molecule has 0 fully saturated rings. The SMILES string of the molecule is Cc1ccc(C(=CC=O)c2ccc(C)cc2)cc1.Cc1ccc(C)cc1. The van der Waals surface area contributed by atoms with Crippen molar-refractivity contribution in [1.82, 2.24) is 0 Å². The summed E-state index contributed by atoms with van der Waals surface area (Å²) in [6.45, 7) is 8.30. The van der Waals surface area contributed by atoms with Gasteiger partial charge in [0, 0.05) is 0 Å². The first-order valence-electron chi connectivity index (χ1n) is 8.82. The van der Waals surface area contributed by atoms with Gasteiger partial charge in [0.05, 0.1) is 0 Å². The maximum absolute atomic E-state index is 10.8. The first-order chi connectivity index (χ1) is 12.5. The average Bonchev–Trinajstić information content (AvgIpc) is 2.65. The number of allylic oxidation sites excluding steroid dienone is 1. The molecule has 0 saturated carbocycles. The molecule has 0 heterocycles. The Labute approximate surface area is 157 Å². The predicted octanol–water partition coefficient (Wildman–Crippen LogP) is 6.24. The molecule has 3 aromatic carbocycles. The molecule has 26 heavy (non-hydrogen) atoms. The number of rotatable bonds is 3. The highest BCUT2D eigenvalue weighted by atomic mass is 16.1. The summed E-state index contributed by atoms with van der Waals surface area (Å²) in [6.07, 6.45) is 2.46. The minimum absolute atomic E-state index is 0.842. The van der Waals surface area contributed by atoms with Crippen molar-refractivity contribution in [2.24, 2.45) is 0 Å². The van der Waals surface area contributed by atoms with Crippen LogP contribution in [-0.2, 0) is 4.79 Å². The lowest BCUT2D eigenvalue weighted by molar-refractivity contribution is -0.104. The summed E-state index contributed by atoms with van der Waals surface area (Å²) >= 11 is 0. The number of aryl methyl sites for hydroxylation is 4. The zero-order chi connectivity index (χ0) is 18.9. The van der Waals surface area contributed by atoms with E-state index in [1.54, 1.807) is 6.08 Å². The second kappa shape index (κ2) is 9.53. The minimum Gasteiger partial charge on any atom is -0.299 e. The fraction of sp³-hybridized carbons (Fsp3) is 0.160. The van der Waals surface area contributed by atoms with Crippen LogP contribution in [-0.4, -0.2) is 6.29 Å². The molecule has 0 aliphatic heterocycles. The van der Waals surface area contributed by atoms with Gasteiger partial charge < -0.3 is 0 Å². The lowest BCUT2D eigenvalue weighted by Crippen LogP contribution is -1.89. The molecule has 0 atom stereocenters. The van der Waals surface area contributed by atoms with Gasteiger partial charge in [-0.25, -0.2) is 0 Å². The highest BCUT2D eigenvalue weighted by Gasteiger charge is 2.04. The second-order valence-corrected chi connectivity index (χ2v) is 6.60. The molecule has 0 bridgehead atoms. The Balaban J connectivity index is 0.000000254. The molecule has 0 N–H and O–H groups in total. The lowest BCUT2D eigenvalue weighted by atomic mass is 9.96. The molecule has 132 valence electrons. The van der Waals surface area contributed by atoms with Gasteiger partial charge in [0.25, 0.3) is 0 Å². The Morgan fingerprint density at radius 1 is 0.538 bits per heavy atom. The summed E-state index contributed by atoms with van der Waals surface area (Å²) in [7, 11) is 0. The Bertz CT molecular complexity index is 783. The van der Waals surface area contributed by atoms with Crippen LogP contribution in [0.1, 0.15) is 33.4 Å². The van der Waals surface area contributed by atoms with Gasteiger partial charge in [-0.2, -0.15) is 0 Å². The van der Waals surface area contributed by atoms with Crippen molar-refractivity contribution < 1.29 is 4.79 Å². The molecule has 1 nitrogen and oxygen atoms in total. The molecule has 0 amide bonds. The molecule has 0 aliphatic carbocycles. The van der Waals surface area contributed by atoms with Gasteiger partial charge in [0.1, 0.15) is 6.29 Å². The van der Waals surface area contributed by atoms with Gasteiger partial charge in [-0.3, -0.25) is 4.79 Å². The van der Waals surface area contributed by atoms with Crippen LogP contribution in [0.2, 0.25) is 0 Å². The summed E-state index contributed by atoms with van der Waals surface area (Å²) in [5.41, 5.74) is 8.19. The van der Waals surface area contributed by atoms with E-state index in [-0.39, 0.29) is 0 Å². The van der Waals surface area contributed by atoms with E-state index < -0.39 is 0 Å². The minimum atomic E-state index is 0.842. The van der Waals surface area contributed by atoms with E-state index in [9.17, 15) is 4.79 Å². The smallest absolute Gasteiger partial charge is 0.143 e. The van der Waals surface area contributed by atoms with Gasteiger partial charge in [-0.05, 0) is 50.5 Å². The monoisotopic (exact) mass is 342 g/mol. The molecule has 0 aliphatic rings. The Kier molecular flexibility index (Phi) is 7.11. The van der Waals surface area contributed by atoms with Crippen molar-refractivity contribution in [3.8, 4) is 0 Å². The van der Waals surface area contributed by atoms with E-state index in [0.717, 1.165) is 23.0 Å². The van der Waals surface area contributed by atoms with E-state index in [2.05, 4.69) is 76.2 Å². The summed E-state index contributed by atoms with van der Waals surface area (Å²) in [5.74, 6) is 0. The van der Waals surface area contributed by atoms with Crippen LogP contribution in [0.5, 0.6) is 0 Å². The highest BCUT2D eigenvalue weighted by Crippen LogP contribution is 2.23. The number of hydrogen-bond acceptors (Lipinski definition) is 1. The number of carbonyl (C=O) groups is 1. The summed E-state index contributed by atoms with van der Waals surface area (Å²) in [6, 6.07) is 24.9. The molecule has 0 radical (unpaired) electrons. The largest absolute Gasteiger partial charge is 0.299 e. The number of aldehydes is 1. The fourth-order valence-electron chi connectivity index (χ4n) is 2.53. The van der Waals surface area contributed by atoms with E-state index in [1.165, 1.54) is 22.3 Å². The third-order valence-corrected chi connectivity index (χ3v) is 4.18. The molecule has 1 heteroatoms. The Morgan fingerprint density at radius 2 is 0.808 bits per heavy atom. The zero-order valence-corrected chi connectivity index (χ0v) is 16.0. The quantitative estimate of drug-likeness (QED) is 0.407. The van der Waals surface area contributed by atoms with Gasteiger partial charge in [0.2, 0.25) is 0 Å². The second-order valence-electron chi connectivity index (χ2n) is 6.60. The van der Waals surface area contributed by atoms with Crippen LogP contribution >= 0.6 is 0 Å². The third kappa shape index (κ3) is 5.86. The van der Waals surface area contributed by atoms with Crippen molar-refractivity contribution >= 4 is 11.9 Å². The first-order valence-corrected chi connectivity index (χ1v) is 8.82. The van der Waals surface area contributed by atoms with E-state index in [0.29, 0.717) is 0 Å². The van der Waals surface area contributed by atoms with Crippen LogP contribution in [0.15, 0.2) is 78.9 Å². The van der Waals surface area contributed by atoms with E-state index in [4.69, 9.17) is 0 Å². The molecule has 0 saturated heterocycles. The normalized spacial score (nSPS) is 9.69. The summed E-state index contributed by atoms with van der Waals surface area (Å²) in [5, 5.41) is 0. The average molecular weight is 342 g/mol. The highest BCUT2D eigenvalue weighted by molar-refractivity contribution is 5.89. The maximum atomic E-state index is 10.8. The van der Waals surface area contributed by atoms with Crippen molar-refractivity contribution in [2.45, 2.75) is 27.7 Å². The lowest BCUT2D eigenvalue weighted by Gasteiger charge is -2.08. The number of benzene rings is 3. The van der Waals surface area contributed by atoms with Crippen LogP contribution in [0.4, 0.5) is 0 Å². The zero-order valence-electron chi connectivity index (χ0n) is 16.0. The van der Waals surface area contributed by atoms with Gasteiger partial charge in [0.15, 0.2) is 0 Å². The molecule has 0 unspecified atom stereocenters. The molecule has 0 aromatic heterocycles. The van der Waals surface area contributed by atoms with E-state index >= 15 is 0 Å². The number of hydrogen-bond donors (Lipinski definition) is 0. The molecule has 0 spiro atoms. The van der Waals surface area contributed by atoms with Crippen LogP contribution in [0, 0.1) is 27.7 Å². The van der Waals surface area contributed by atoms with Gasteiger partial charge in [-0.15, -0.1) is 0 Å². The van der Waals surface area contributed by atoms with Gasteiger partial charge in [-0.1, -0.05) is 95.1 Å². The fourth-order valence-corrected chi connectivity index (χ4v) is 2.53. The van der Waals surface area contributed by atoms with Crippen LogP contribution < -0.4 is 0 Å². The van der Waals surface area contributed by atoms with Crippen molar-refractivity contribution in [3.63, 3.8) is 0 Å². The summed E-state index contributed by atoms with van der Waals surface area (Å²) < 4.78 is 0. The van der Waals surface area contributed by atoms with Crippen molar-refractivity contribution in [2.75, 3.05) is 0 Å². The van der Waals surface area contributed by atoms with Gasteiger partial charge >= 0.3 is 0 Å². The molecular formula is C25H26O. The standard InChI is InChI=1S/C17H16O.C8H10/c1-13-3-7-15(8-4-13)17(11-12-18)16-9-5-14(2)6-10-16;1-7-3-5-8(2)6-4-7/h3-12H,1-2H3;3-6H,1-2H3. The Morgan fingerprint density at radius 3 is 1.08 bits per heavy atom. The van der Waals surface area contributed by atoms with Crippen LogP contribution in [0.3, 0.4) is 0 Å². The third-order valence-electron chi connectivity index (χ3n) is 4.18. The van der Waals surface area contributed by atoms with Crippen LogP contribution in [0.25, 0.3) is 5.57 Å². The molecule has 3 rings (SSSR count). The van der Waals surface area contributed by atoms with Crippen molar-refractivity contribution in [3.05, 3.63) is 112 Å². The summed E-state index contributed by atoms with van der Waals surface area (Å²) in [4.78, 5) is 10.8. The predicted molar refractivity (Wildman–Crippen MR) is 111 cm³/mol. The van der Waals surface area contributed by atoms with Crippen molar-refractivity contribution in [1.29, 1.82) is 0 Å². The maximum Gasteiger partial charge on any atom is 0.143 e. The molecular weight excluding hydrogens is 316 g/mol. The van der Waals surface area contributed by atoms with E-state index in [1.807, 2.05) is 24.3 Å². The molecule has 3 aromatic rings. The topological polar surface area (TPSA) is 17.1 Å². The number of carbonyl (C=O) groups excluding carboxylic acids is 1.